The highest BCUT2D eigenvalue weighted by molar-refractivity contribution is 5.92. The van der Waals surface area contributed by atoms with Crippen molar-refractivity contribution < 1.29 is 23.7 Å². The van der Waals surface area contributed by atoms with Gasteiger partial charge in [-0.2, -0.15) is 0 Å². The number of methoxy groups -OCH3 is 1. The first-order valence-corrected chi connectivity index (χ1v) is 8.75. The molecule has 24 heavy (non-hydrogen) atoms. The quantitative estimate of drug-likeness (QED) is 0.570. The number of Topliss-reactive ketones (excluding diaryl/α,β-unsaturated/α-hetero) is 1. The van der Waals surface area contributed by atoms with Crippen LogP contribution >= 0.6 is 0 Å². The average molecular weight is 338 g/mol. The average Bonchev–Trinajstić information content (AvgIpc) is 2.98. The fourth-order valence-electron chi connectivity index (χ4n) is 5.54. The summed E-state index contributed by atoms with van der Waals surface area (Å²) < 4.78 is 23.2. The lowest BCUT2D eigenvalue weighted by atomic mass is 9.42. The van der Waals surface area contributed by atoms with Gasteiger partial charge in [0.1, 0.15) is 12.6 Å². The number of ether oxygens (including phenoxy) is 4. The zero-order valence-electron chi connectivity index (χ0n) is 15.5. The Kier molecular flexibility index (Phi) is 4.23. The molecular weight excluding hydrogens is 308 g/mol. The number of hydrogen-bond acceptors (Lipinski definition) is 5. The highest BCUT2D eigenvalue weighted by Crippen LogP contribution is 2.66. The summed E-state index contributed by atoms with van der Waals surface area (Å²) in [5.74, 6) is -0.333. The molecule has 0 amide bonds. The maximum atomic E-state index is 13.4. The van der Waals surface area contributed by atoms with Crippen molar-refractivity contribution >= 4 is 5.78 Å². The first-order chi connectivity index (χ1) is 11.2. The van der Waals surface area contributed by atoms with Crippen molar-refractivity contribution in [2.45, 2.75) is 51.9 Å². The summed E-state index contributed by atoms with van der Waals surface area (Å²) in [7, 11) is 1.60. The van der Waals surface area contributed by atoms with E-state index in [1.54, 1.807) is 7.11 Å². The van der Waals surface area contributed by atoms with E-state index in [1.807, 2.05) is 33.8 Å². The molecular formula is C19H30O5. The van der Waals surface area contributed by atoms with Crippen molar-refractivity contribution in [2.24, 2.45) is 22.7 Å². The molecule has 1 unspecified atom stereocenters. The predicted octanol–water partition coefficient (Wildman–Crippen LogP) is 2.94. The fraction of sp³-hybridized carbons (Fsp3) is 0.842. The van der Waals surface area contributed by atoms with E-state index in [0.717, 1.165) is 6.42 Å². The lowest BCUT2D eigenvalue weighted by Crippen LogP contribution is -2.70. The molecule has 4 rings (SSSR count). The van der Waals surface area contributed by atoms with Crippen molar-refractivity contribution in [3.05, 3.63) is 12.7 Å². The van der Waals surface area contributed by atoms with Crippen LogP contribution in [0.15, 0.2) is 12.7 Å². The second-order valence-electron chi connectivity index (χ2n) is 8.43. The highest BCUT2D eigenvalue weighted by Gasteiger charge is 2.72. The lowest BCUT2D eigenvalue weighted by Gasteiger charge is -2.64. The molecule has 3 aliphatic carbocycles. The Balaban J connectivity index is 2.02. The van der Waals surface area contributed by atoms with E-state index >= 15 is 0 Å². The predicted molar refractivity (Wildman–Crippen MR) is 89.3 cm³/mol. The molecule has 4 atom stereocenters. The van der Waals surface area contributed by atoms with E-state index in [-0.39, 0.29) is 24.4 Å². The van der Waals surface area contributed by atoms with Gasteiger partial charge in [-0.3, -0.25) is 4.79 Å². The molecule has 5 nitrogen and oxygen atoms in total. The van der Waals surface area contributed by atoms with Crippen LogP contribution in [0.25, 0.3) is 0 Å². The minimum atomic E-state index is -0.633. The second kappa shape index (κ2) is 5.63. The molecule has 5 heteroatoms. The minimum Gasteiger partial charge on any atom is -0.359 e. The highest BCUT2D eigenvalue weighted by atomic mass is 16.7. The molecule has 1 saturated heterocycles. The zero-order chi connectivity index (χ0) is 17.8. The molecule has 0 aromatic rings. The second-order valence-corrected chi connectivity index (χ2v) is 8.43. The monoisotopic (exact) mass is 338 g/mol. The summed E-state index contributed by atoms with van der Waals surface area (Å²) in [4.78, 5) is 13.4. The SMILES string of the molecule is C=CC(C)(OCOC)[C@@H]1C[C@H]2C3(C[C@]1(C)C(=O)C2(C)C)OCCO3. The van der Waals surface area contributed by atoms with Crippen molar-refractivity contribution in [1.82, 2.24) is 0 Å². The molecule has 4 fully saturated rings. The van der Waals surface area contributed by atoms with Crippen LogP contribution in [-0.2, 0) is 23.7 Å². The molecule has 0 radical (unpaired) electrons. The first-order valence-electron chi connectivity index (χ1n) is 8.75. The Bertz CT molecular complexity index is 536. The van der Waals surface area contributed by atoms with E-state index in [9.17, 15) is 4.79 Å². The fourth-order valence-corrected chi connectivity index (χ4v) is 5.54. The number of carbonyl (C=O) groups is 1. The third kappa shape index (κ3) is 2.25. The van der Waals surface area contributed by atoms with Crippen molar-refractivity contribution in [1.29, 1.82) is 0 Å². The molecule has 1 aliphatic heterocycles. The molecule has 3 saturated carbocycles. The van der Waals surface area contributed by atoms with E-state index in [4.69, 9.17) is 18.9 Å². The smallest absolute Gasteiger partial charge is 0.173 e. The summed E-state index contributed by atoms with van der Waals surface area (Å²) in [5.41, 5.74) is -1.69. The van der Waals surface area contributed by atoms with Gasteiger partial charge in [-0.25, -0.2) is 0 Å². The van der Waals surface area contributed by atoms with E-state index in [2.05, 4.69) is 6.58 Å². The van der Waals surface area contributed by atoms with Gasteiger partial charge in [0.05, 0.1) is 18.8 Å². The summed E-state index contributed by atoms with van der Waals surface area (Å²) in [5, 5.41) is 0. The lowest BCUT2D eigenvalue weighted by molar-refractivity contribution is -0.298. The Morgan fingerprint density at radius 2 is 1.96 bits per heavy atom. The van der Waals surface area contributed by atoms with Crippen LogP contribution in [0.3, 0.4) is 0 Å². The molecule has 4 aliphatic rings. The van der Waals surface area contributed by atoms with Gasteiger partial charge in [-0.05, 0) is 13.3 Å². The van der Waals surface area contributed by atoms with Crippen LogP contribution in [0, 0.1) is 22.7 Å². The normalized spacial score (nSPS) is 39.1. The number of rotatable bonds is 5. The topological polar surface area (TPSA) is 54.0 Å². The zero-order valence-corrected chi connectivity index (χ0v) is 15.5. The van der Waals surface area contributed by atoms with Crippen LogP contribution in [0.5, 0.6) is 0 Å². The summed E-state index contributed by atoms with van der Waals surface area (Å²) >= 11 is 0. The molecule has 1 spiro atoms. The first kappa shape index (κ1) is 18.1. The Hall–Kier alpha value is -0.750. The van der Waals surface area contributed by atoms with Gasteiger partial charge in [0.15, 0.2) is 5.79 Å². The van der Waals surface area contributed by atoms with Crippen LogP contribution in [0.4, 0.5) is 0 Å². The third-order valence-corrected chi connectivity index (χ3v) is 6.72. The summed E-state index contributed by atoms with van der Waals surface area (Å²) in [6, 6.07) is 0. The summed E-state index contributed by atoms with van der Waals surface area (Å²) in [6.45, 7) is 13.4. The van der Waals surface area contributed by atoms with Crippen LogP contribution in [-0.4, -0.2) is 44.3 Å². The largest absolute Gasteiger partial charge is 0.359 e. The number of hydrogen-bond donors (Lipinski definition) is 0. The summed E-state index contributed by atoms with van der Waals surface area (Å²) in [6.07, 6.45) is 3.20. The van der Waals surface area contributed by atoms with Crippen LogP contribution in [0.2, 0.25) is 0 Å². The molecule has 0 N–H and O–H groups in total. The molecule has 2 bridgehead atoms. The molecule has 136 valence electrons. The van der Waals surface area contributed by atoms with Gasteiger partial charge < -0.3 is 18.9 Å². The van der Waals surface area contributed by atoms with Gasteiger partial charge in [0.2, 0.25) is 0 Å². The maximum Gasteiger partial charge on any atom is 0.173 e. The van der Waals surface area contributed by atoms with Crippen molar-refractivity contribution in [3.8, 4) is 0 Å². The van der Waals surface area contributed by atoms with Crippen LogP contribution in [0.1, 0.15) is 40.5 Å². The van der Waals surface area contributed by atoms with E-state index in [0.29, 0.717) is 19.6 Å². The van der Waals surface area contributed by atoms with Gasteiger partial charge in [-0.15, -0.1) is 6.58 Å². The third-order valence-electron chi connectivity index (χ3n) is 6.72. The minimum absolute atomic E-state index is 0.0113. The van der Waals surface area contributed by atoms with Crippen molar-refractivity contribution in [3.63, 3.8) is 0 Å². The van der Waals surface area contributed by atoms with Gasteiger partial charge in [-0.1, -0.05) is 26.8 Å². The van der Waals surface area contributed by atoms with E-state index in [1.165, 1.54) is 0 Å². The van der Waals surface area contributed by atoms with E-state index < -0.39 is 22.2 Å². The van der Waals surface area contributed by atoms with Gasteiger partial charge in [0.25, 0.3) is 0 Å². The van der Waals surface area contributed by atoms with Gasteiger partial charge >= 0.3 is 0 Å². The number of ketones is 1. The molecule has 1 heterocycles. The Labute approximate surface area is 144 Å². The van der Waals surface area contributed by atoms with Gasteiger partial charge in [0, 0.05) is 36.2 Å². The molecule has 0 aromatic carbocycles. The van der Waals surface area contributed by atoms with Crippen molar-refractivity contribution in [2.75, 3.05) is 27.1 Å². The maximum absolute atomic E-state index is 13.4. The Morgan fingerprint density at radius 1 is 1.33 bits per heavy atom. The number of fused-ring (bicyclic) bond motifs is 2. The van der Waals surface area contributed by atoms with Crippen LogP contribution < -0.4 is 0 Å². The number of carbonyl (C=O) groups excluding carboxylic acids is 1. The molecule has 0 aromatic heterocycles. The standard InChI is InChI=1S/C19H30O5/c1-7-18(5,24-12-21-6)14-10-13-16(2,3)15(20)17(14,4)11-19(13)22-8-9-23-19/h7,13-14H,1,8-12H2,2-6H3/t13-,14-,17+,18?/m1/s1. The Morgan fingerprint density at radius 3 is 2.50 bits per heavy atom.